The van der Waals surface area contributed by atoms with E-state index in [1.54, 1.807) is 6.08 Å². The van der Waals surface area contributed by atoms with E-state index in [-0.39, 0.29) is 5.91 Å². The van der Waals surface area contributed by atoms with E-state index in [0.29, 0.717) is 0 Å². The standard InChI is InChI=1S/C14H20N2O/c1-10(2)8-14(17)15-13-7-6-12(16(4)5)9-11(13)3/h6-9H,1-5H3,(H,15,17). The van der Waals surface area contributed by atoms with E-state index in [4.69, 9.17) is 0 Å². The second kappa shape index (κ2) is 5.53. The number of benzene rings is 1. The van der Waals surface area contributed by atoms with E-state index in [1.807, 2.05) is 51.9 Å². The van der Waals surface area contributed by atoms with E-state index in [9.17, 15) is 4.79 Å². The van der Waals surface area contributed by atoms with E-state index in [0.717, 1.165) is 22.5 Å². The van der Waals surface area contributed by atoms with Crippen LogP contribution in [-0.2, 0) is 4.79 Å². The van der Waals surface area contributed by atoms with Gasteiger partial charge in [0, 0.05) is 31.5 Å². The Morgan fingerprint density at radius 3 is 2.41 bits per heavy atom. The monoisotopic (exact) mass is 232 g/mol. The maximum atomic E-state index is 11.6. The summed E-state index contributed by atoms with van der Waals surface area (Å²) in [6.45, 7) is 5.80. The van der Waals surface area contributed by atoms with Crippen molar-refractivity contribution in [1.82, 2.24) is 0 Å². The number of anilines is 2. The molecule has 0 bridgehead atoms. The molecule has 1 N–H and O–H groups in total. The summed E-state index contributed by atoms with van der Waals surface area (Å²) in [5.74, 6) is -0.0781. The molecule has 0 aliphatic carbocycles. The zero-order valence-electron chi connectivity index (χ0n) is 11.2. The lowest BCUT2D eigenvalue weighted by Gasteiger charge is -2.15. The van der Waals surface area contributed by atoms with Gasteiger partial charge in [-0.3, -0.25) is 4.79 Å². The van der Waals surface area contributed by atoms with Crippen LogP contribution in [0.15, 0.2) is 29.8 Å². The fraction of sp³-hybridized carbons (Fsp3) is 0.357. The highest BCUT2D eigenvalue weighted by Gasteiger charge is 2.04. The van der Waals surface area contributed by atoms with Crippen molar-refractivity contribution >= 4 is 17.3 Å². The lowest BCUT2D eigenvalue weighted by Crippen LogP contribution is -2.12. The Morgan fingerprint density at radius 2 is 1.94 bits per heavy atom. The Morgan fingerprint density at radius 1 is 1.29 bits per heavy atom. The maximum Gasteiger partial charge on any atom is 0.248 e. The number of carbonyl (C=O) groups is 1. The molecule has 0 aliphatic rings. The average molecular weight is 232 g/mol. The van der Waals surface area contributed by atoms with Crippen LogP contribution in [0.25, 0.3) is 0 Å². The second-order valence-corrected chi connectivity index (χ2v) is 4.60. The number of aryl methyl sites for hydroxylation is 1. The largest absolute Gasteiger partial charge is 0.378 e. The summed E-state index contributed by atoms with van der Waals surface area (Å²) in [5, 5.41) is 2.87. The Bertz CT molecular complexity index is 444. The highest BCUT2D eigenvalue weighted by Crippen LogP contribution is 2.21. The molecule has 0 unspecified atom stereocenters. The molecule has 0 spiro atoms. The van der Waals surface area contributed by atoms with E-state index >= 15 is 0 Å². The van der Waals surface area contributed by atoms with Crippen LogP contribution in [0.5, 0.6) is 0 Å². The molecule has 0 heterocycles. The Kier molecular flexibility index (Phi) is 4.32. The first kappa shape index (κ1) is 13.3. The molecule has 0 aromatic heterocycles. The molecule has 0 radical (unpaired) electrons. The van der Waals surface area contributed by atoms with Crippen LogP contribution in [0, 0.1) is 6.92 Å². The third-order valence-electron chi connectivity index (χ3n) is 2.40. The number of carbonyl (C=O) groups excluding carboxylic acids is 1. The van der Waals surface area contributed by atoms with Gasteiger partial charge in [0.25, 0.3) is 0 Å². The smallest absolute Gasteiger partial charge is 0.248 e. The van der Waals surface area contributed by atoms with Gasteiger partial charge < -0.3 is 10.2 Å². The van der Waals surface area contributed by atoms with Gasteiger partial charge in [0.1, 0.15) is 0 Å². The molecule has 0 aliphatic heterocycles. The lowest BCUT2D eigenvalue weighted by molar-refractivity contribution is -0.111. The van der Waals surface area contributed by atoms with Crippen LogP contribution in [0.3, 0.4) is 0 Å². The molecule has 92 valence electrons. The molecule has 0 saturated carbocycles. The topological polar surface area (TPSA) is 32.3 Å². The number of nitrogens with one attached hydrogen (secondary N) is 1. The Labute approximate surface area is 103 Å². The lowest BCUT2D eigenvalue weighted by atomic mass is 10.1. The van der Waals surface area contributed by atoms with Crippen molar-refractivity contribution in [3.63, 3.8) is 0 Å². The molecule has 17 heavy (non-hydrogen) atoms. The first-order valence-electron chi connectivity index (χ1n) is 5.64. The molecule has 1 aromatic carbocycles. The summed E-state index contributed by atoms with van der Waals surface area (Å²) in [4.78, 5) is 13.6. The van der Waals surface area contributed by atoms with Gasteiger partial charge in [-0.05, 0) is 44.5 Å². The molecule has 3 nitrogen and oxygen atoms in total. The number of allylic oxidation sites excluding steroid dienone is 1. The second-order valence-electron chi connectivity index (χ2n) is 4.60. The summed E-state index contributed by atoms with van der Waals surface area (Å²) >= 11 is 0. The maximum absolute atomic E-state index is 11.6. The first-order chi connectivity index (χ1) is 7.90. The minimum Gasteiger partial charge on any atom is -0.378 e. The number of hydrogen-bond donors (Lipinski definition) is 1. The molecule has 1 amide bonds. The number of amides is 1. The summed E-state index contributed by atoms with van der Waals surface area (Å²) in [5.41, 5.74) is 4.04. The Balaban J connectivity index is 2.87. The quantitative estimate of drug-likeness (QED) is 0.813. The van der Waals surface area contributed by atoms with Crippen molar-refractivity contribution < 1.29 is 4.79 Å². The fourth-order valence-corrected chi connectivity index (χ4v) is 1.50. The van der Waals surface area contributed by atoms with Crippen molar-refractivity contribution in [3.05, 3.63) is 35.4 Å². The normalized spacial score (nSPS) is 9.71. The van der Waals surface area contributed by atoms with Gasteiger partial charge in [-0.15, -0.1) is 0 Å². The van der Waals surface area contributed by atoms with E-state index in [2.05, 4.69) is 11.4 Å². The minimum absolute atomic E-state index is 0.0781. The highest BCUT2D eigenvalue weighted by atomic mass is 16.1. The molecule has 0 saturated heterocycles. The van der Waals surface area contributed by atoms with Gasteiger partial charge in [-0.25, -0.2) is 0 Å². The molecular formula is C14H20N2O. The highest BCUT2D eigenvalue weighted by molar-refractivity contribution is 6.00. The number of hydrogen-bond acceptors (Lipinski definition) is 2. The van der Waals surface area contributed by atoms with Crippen molar-refractivity contribution in [1.29, 1.82) is 0 Å². The molecule has 0 fully saturated rings. The van der Waals surface area contributed by atoms with Gasteiger partial charge in [0.05, 0.1) is 0 Å². The first-order valence-corrected chi connectivity index (χ1v) is 5.64. The number of rotatable bonds is 3. The minimum atomic E-state index is -0.0781. The van der Waals surface area contributed by atoms with Gasteiger partial charge in [-0.2, -0.15) is 0 Å². The summed E-state index contributed by atoms with van der Waals surface area (Å²) in [6, 6.07) is 5.98. The van der Waals surface area contributed by atoms with Crippen LogP contribution in [0.2, 0.25) is 0 Å². The summed E-state index contributed by atoms with van der Waals surface area (Å²) in [7, 11) is 3.99. The molecular weight excluding hydrogens is 212 g/mol. The zero-order chi connectivity index (χ0) is 13.0. The van der Waals surface area contributed by atoms with Crippen LogP contribution in [0.4, 0.5) is 11.4 Å². The summed E-state index contributed by atoms with van der Waals surface area (Å²) < 4.78 is 0. The van der Waals surface area contributed by atoms with Crippen molar-refractivity contribution in [3.8, 4) is 0 Å². The van der Waals surface area contributed by atoms with Crippen LogP contribution < -0.4 is 10.2 Å². The number of nitrogens with zero attached hydrogens (tertiary/aromatic N) is 1. The average Bonchev–Trinajstić information content (AvgIpc) is 2.19. The SMILES string of the molecule is CC(C)=CC(=O)Nc1ccc(N(C)C)cc1C. The fourth-order valence-electron chi connectivity index (χ4n) is 1.50. The van der Waals surface area contributed by atoms with Crippen LogP contribution in [0.1, 0.15) is 19.4 Å². The zero-order valence-corrected chi connectivity index (χ0v) is 11.2. The molecule has 3 heteroatoms. The molecule has 1 aromatic rings. The predicted molar refractivity (Wildman–Crippen MR) is 73.6 cm³/mol. The van der Waals surface area contributed by atoms with E-state index < -0.39 is 0 Å². The van der Waals surface area contributed by atoms with Crippen molar-refractivity contribution in [2.45, 2.75) is 20.8 Å². The third kappa shape index (κ3) is 3.94. The van der Waals surface area contributed by atoms with Gasteiger partial charge in [-0.1, -0.05) is 5.57 Å². The molecule has 0 atom stereocenters. The van der Waals surface area contributed by atoms with Crippen molar-refractivity contribution in [2.75, 3.05) is 24.3 Å². The molecule has 1 rings (SSSR count). The third-order valence-corrected chi connectivity index (χ3v) is 2.40. The van der Waals surface area contributed by atoms with Crippen molar-refractivity contribution in [2.24, 2.45) is 0 Å². The van der Waals surface area contributed by atoms with E-state index in [1.165, 1.54) is 0 Å². The van der Waals surface area contributed by atoms with Gasteiger partial charge >= 0.3 is 0 Å². The van der Waals surface area contributed by atoms with Crippen LogP contribution >= 0.6 is 0 Å². The van der Waals surface area contributed by atoms with Crippen LogP contribution in [-0.4, -0.2) is 20.0 Å². The van der Waals surface area contributed by atoms with Gasteiger partial charge in [0.15, 0.2) is 0 Å². The summed E-state index contributed by atoms with van der Waals surface area (Å²) in [6.07, 6.45) is 1.60. The van der Waals surface area contributed by atoms with Gasteiger partial charge in [0.2, 0.25) is 5.91 Å². The predicted octanol–water partition coefficient (Wildman–Crippen LogP) is 2.97. The Hall–Kier alpha value is -1.77.